The van der Waals surface area contributed by atoms with E-state index in [2.05, 4.69) is 10.4 Å². The zero-order chi connectivity index (χ0) is 15.4. The lowest BCUT2D eigenvalue weighted by atomic mass is 9.93. The fourth-order valence-corrected chi connectivity index (χ4v) is 2.99. The van der Waals surface area contributed by atoms with E-state index in [9.17, 15) is 4.39 Å². The Hall–Kier alpha value is -1.39. The summed E-state index contributed by atoms with van der Waals surface area (Å²) in [6.45, 7) is 2.71. The van der Waals surface area contributed by atoms with E-state index in [1.807, 2.05) is 37.8 Å². The first-order valence-corrected chi connectivity index (χ1v) is 7.55. The van der Waals surface area contributed by atoms with Gasteiger partial charge in [-0.05, 0) is 31.5 Å². The molecule has 0 aliphatic heterocycles. The van der Waals surface area contributed by atoms with Crippen LogP contribution >= 0.6 is 11.6 Å². The topological polar surface area (TPSA) is 29.9 Å². The Bertz CT molecular complexity index is 610. The lowest BCUT2D eigenvalue weighted by Crippen LogP contribution is -2.21. The molecule has 1 aromatic heterocycles. The van der Waals surface area contributed by atoms with Crippen molar-refractivity contribution >= 4 is 11.6 Å². The van der Waals surface area contributed by atoms with Crippen LogP contribution < -0.4 is 5.32 Å². The van der Waals surface area contributed by atoms with Crippen LogP contribution in [0.15, 0.2) is 24.3 Å². The quantitative estimate of drug-likeness (QED) is 0.887. The number of likely N-dealkylation sites (N-methyl/N-ethyl adjacent to an activating group) is 1. The van der Waals surface area contributed by atoms with Crippen LogP contribution in [0.4, 0.5) is 4.39 Å². The average molecular weight is 310 g/mol. The van der Waals surface area contributed by atoms with Crippen LogP contribution in [-0.2, 0) is 19.9 Å². The molecule has 1 atom stereocenters. The molecule has 1 heterocycles. The minimum Gasteiger partial charge on any atom is -0.319 e. The van der Waals surface area contributed by atoms with Crippen molar-refractivity contribution in [3.63, 3.8) is 0 Å². The van der Waals surface area contributed by atoms with Gasteiger partial charge in [-0.15, -0.1) is 0 Å². The van der Waals surface area contributed by atoms with E-state index in [0.717, 1.165) is 17.8 Å². The maximum atomic E-state index is 14.1. The van der Waals surface area contributed by atoms with Gasteiger partial charge in [0.2, 0.25) is 0 Å². The van der Waals surface area contributed by atoms with Gasteiger partial charge in [0.15, 0.2) is 0 Å². The Labute approximate surface area is 130 Å². The average Bonchev–Trinajstić information content (AvgIpc) is 2.74. The highest BCUT2D eigenvalue weighted by Crippen LogP contribution is 2.28. The predicted molar refractivity (Wildman–Crippen MR) is 84.4 cm³/mol. The number of aromatic nitrogens is 2. The second kappa shape index (κ2) is 7.05. The maximum absolute atomic E-state index is 14.1. The van der Waals surface area contributed by atoms with Crippen LogP contribution in [-0.4, -0.2) is 23.4 Å². The van der Waals surface area contributed by atoms with Crippen LogP contribution in [0.1, 0.15) is 29.8 Å². The van der Waals surface area contributed by atoms with Crippen LogP contribution in [0.25, 0.3) is 0 Å². The third-order valence-electron chi connectivity index (χ3n) is 3.74. The molecule has 0 amide bonds. The second-order valence-corrected chi connectivity index (χ2v) is 5.54. The molecule has 1 unspecified atom stereocenters. The summed E-state index contributed by atoms with van der Waals surface area (Å²) in [5, 5.41) is 8.27. The highest BCUT2D eigenvalue weighted by Gasteiger charge is 2.21. The van der Waals surface area contributed by atoms with Gasteiger partial charge in [0.05, 0.1) is 16.4 Å². The summed E-state index contributed by atoms with van der Waals surface area (Å²) in [5.41, 5.74) is 2.56. The lowest BCUT2D eigenvalue weighted by Gasteiger charge is -2.18. The van der Waals surface area contributed by atoms with Gasteiger partial charge >= 0.3 is 0 Å². The molecule has 0 saturated heterocycles. The van der Waals surface area contributed by atoms with Gasteiger partial charge in [0, 0.05) is 19.5 Å². The predicted octanol–water partition coefficient (Wildman–Crippen LogP) is 3.32. The Morgan fingerprint density at radius 3 is 2.67 bits per heavy atom. The molecule has 0 saturated carbocycles. The number of rotatable bonds is 6. The molecule has 0 spiro atoms. The van der Waals surface area contributed by atoms with Gasteiger partial charge in [0.25, 0.3) is 0 Å². The van der Waals surface area contributed by atoms with E-state index < -0.39 is 0 Å². The second-order valence-electron chi connectivity index (χ2n) is 5.16. The Kier molecular flexibility index (Phi) is 5.37. The first-order valence-electron chi connectivity index (χ1n) is 7.17. The molecule has 0 aliphatic carbocycles. The molecule has 0 fully saturated rings. The lowest BCUT2D eigenvalue weighted by molar-refractivity contribution is 0.543. The number of benzene rings is 1. The molecule has 0 bridgehead atoms. The molecule has 5 heteroatoms. The normalized spacial score (nSPS) is 12.6. The number of halogens is 2. The van der Waals surface area contributed by atoms with E-state index in [0.29, 0.717) is 23.6 Å². The summed E-state index contributed by atoms with van der Waals surface area (Å²) < 4.78 is 15.9. The van der Waals surface area contributed by atoms with Gasteiger partial charge in [-0.2, -0.15) is 5.10 Å². The molecule has 3 nitrogen and oxygen atoms in total. The van der Waals surface area contributed by atoms with Crippen molar-refractivity contribution in [2.45, 2.75) is 25.7 Å². The van der Waals surface area contributed by atoms with Crippen LogP contribution in [0, 0.1) is 5.82 Å². The van der Waals surface area contributed by atoms with Crippen molar-refractivity contribution in [2.24, 2.45) is 7.05 Å². The van der Waals surface area contributed by atoms with E-state index in [-0.39, 0.29) is 11.7 Å². The van der Waals surface area contributed by atoms with Crippen molar-refractivity contribution in [2.75, 3.05) is 13.6 Å². The van der Waals surface area contributed by atoms with Gasteiger partial charge in [-0.25, -0.2) is 4.39 Å². The van der Waals surface area contributed by atoms with Crippen LogP contribution in [0.3, 0.4) is 0 Å². The molecular weight excluding hydrogens is 289 g/mol. The Balaban J connectivity index is 2.33. The van der Waals surface area contributed by atoms with Crippen molar-refractivity contribution < 1.29 is 4.39 Å². The van der Waals surface area contributed by atoms with Crippen molar-refractivity contribution in [3.05, 3.63) is 52.1 Å². The first-order chi connectivity index (χ1) is 10.1. The zero-order valence-electron chi connectivity index (χ0n) is 12.7. The van der Waals surface area contributed by atoms with Crippen LogP contribution in [0.5, 0.6) is 0 Å². The first kappa shape index (κ1) is 16.0. The smallest absolute Gasteiger partial charge is 0.126 e. The molecule has 2 rings (SSSR count). The van der Waals surface area contributed by atoms with E-state index >= 15 is 0 Å². The number of aryl methyl sites for hydroxylation is 2. The molecule has 21 heavy (non-hydrogen) atoms. The summed E-state index contributed by atoms with van der Waals surface area (Å²) in [5.74, 6) is -0.152. The standard InChI is InChI=1S/C16H21ClFN3/c1-4-14-16(17)15(21(3)20-14)9-11(10-19-2)12-7-5-6-8-13(12)18/h5-8,11,19H,4,9-10H2,1-3H3. The summed E-state index contributed by atoms with van der Waals surface area (Å²) in [7, 11) is 3.76. The monoisotopic (exact) mass is 309 g/mol. The summed E-state index contributed by atoms with van der Waals surface area (Å²) in [6, 6.07) is 6.91. The van der Waals surface area contributed by atoms with E-state index in [1.165, 1.54) is 6.07 Å². The molecule has 114 valence electrons. The summed E-state index contributed by atoms with van der Waals surface area (Å²) in [4.78, 5) is 0. The SMILES string of the molecule is CCc1nn(C)c(CC(CNC)c2ccccc2F)c1Cl. The summed E-state index contributed by atoms with van der Waals surface area (Å²) in [6.07, 6.45) is 1.45. The highest BCUT2D eigenvalue weighted by atomic mass is 35.5. The minimum absolute atomic E-state index is 0.0220. The largest absolute Gasteiger partial charge is 0.319 e. The molecule has 1 N–H and O–H groups in total. The van der Waals surface area contributed by atoms with Gasteiger partial charge in [0.1, 0.15) is 5.82 Å². The Morgan fingerprint density at radius 2 is 2.10 bits per heavy atom. The number of nitrogens with zero attached hydrogens (tertiary/aromatic N) is 2. The van der Waals surface area contributed by atoms with Crippen molar-refractivity contribution in [1.29, 1.82) is 0 Å². The Morgan fingerprint density at radius 1 is 1.38 bits per heavy atom. The van der Waals surface area contributed by atoms with Gasteiger partial charge < -0.3 is 5.32 Å². The number of hydrogen-bond acceptors (Lipinski definition) is 2. The number of nitrogens with one attached hydrogen (secondary N) is 1. The molecule has 0 radical (unpaired) electrons. The highest BCUT2D eigenvalue weighted by molar-refractivity contribution is 6.31. The molecular formula is C16H21ClFN3. The fraction of sp³-hybridized carbons (Fsp3) is 0.438. The zero-order valence-corrected chi connectivity index (χ0v) is 13.4. The third kappa shape index (κ3) is 3.44. The maximum Gasteiger partial charge on any atom is 0.126 e. The molecule has 2 aromatic rings. The van der Waals surface area contributed by atoms with Crippen molar-refractivity contribution in [1.82, 2.24) is 15.1 Å². The third-order valence-corrected chi connectivity index (χ3v) is 4.17. The number of hydrogen-bond donors (Lipinski definition) is 1. The van der Waals surface area contributed by atoms with E-state index in [4.69, 9.17) is 11.6 Å². The van der Waals surface area contributed by atoms with Gasteiger partial charge in [-0.3, -0.25) is 4.68 Å². The molecule has 1 aromatic carbocycles. The van der Waals surface area contributed by atoms with Crippen molar-refractivity contribution in [3.8, 4) is 0 Å². The minimum atomic E-state index is -0.174. The fourth-order valence-electron chi connectivity index (χ4n) is 2.62. The molecule has 0 aliphatic rings. The van der Waals surface area contributed by atoms with Gasteiger partial charge in [-0.1, -0.05) is 36.7 Å². The summed E-state index contributed by atoms with van der Waals surface area (Å²) >= 11 is 6.40. The van der Waals surface area contributed by atoms with E-state index in [1.54, 1.807) is 6.07 Å². The van der Waals surface area contributed by atoms with Crippen LogP contribution in [0.2, 0.25) is 5.02 Å².